The van der Waals surface area contributed by atoms with E-state index in [2.05, 4.69) is 52.1 Å². The van der Waals surface area contributed by atoms with Crippen molar-refractivity contribution in [2.75, 3.05) is 7.05 Å². The summed E-state index contributed by atoms with van der Waals surface area (Å²) in [7, 11) is 2.02. The molecule has 2 aromatic heterocycles. The van der Waals surface area contributed by atoms with Crippen molar-refractivity contribution in [2.45, 2.75) is 12.5 Å². The summed E-state index contributed by atoms with van der Waals surface area (Å²) >= 11 is 1.81. The maximum absolute atomic E-state index is 4.26. The number of pyridine rings is 1. The molecule has 1 unspecified atom stereocenters. The Morgan fingerprint density at radius 3 is 2.95 bits per heavy atom. The average molecular weight is 268 g/mol. The Morgan fingerprint density at radius 2 is 2.16 bits per heavy atom. The van der Waals surface area contributed by atoms with Gasteiger partial charge in [-0.05, 0) is 35.5 Å². The SMILES string of the molecule is CNC(Cc1cccs1)c1cccc2ccncc12. The molecule has 2 heterocycles. The number of aromatic nitrogens is 1. The van der Waals surface area contributed by atoms with Crippen LogP contribution in [0.1, 0.15) is 16.5 Å². The highest BCUT2D eigenvalue weighted by atomic mass is 32.1. The summed E-state index contributed by atoms with van der Waals surface area (Å²) in [5.74, 6) is 0. The maximum Gasteiger partial charge on any atom is 0.0373 e. The Morgan fingerprint density at radius 1 is 1.21 bits per heavy atom. The van der Waals surface area contributed by atoms with E-state index in [-0.39, 0.29) is 0 Å². The van der Waals surface area contributed by atoms with Gasteiger partial charge in [-0.3, -0.25) is 4.98 Å². The molecule has 0 saturated carbocycles. The lowest BCUT2D eigenvalue weighted by molar-refractivity contribution is 0.601. The molecule has 3 heteroatoms. The van der Waals surface area contributed by atoms with E-state index in [1.807, 2.05) is 30.8 Å². The quantitative estimate of drug-likeness (QED) is 0.778. The van der Waals surface area contributed by atoms with E-state index in [0.717, 1.165) is 6.42 Å². The summed E-state index contributed by atoms with van der Waals surface area (Å²) < 4.78 is 0. The second kappa shape index (κ2) is 5.51. The summed E-state index contributed by atoms with van der Waals surface area (Å²) in [6, 6.07) is 13.1. The van der Waals surface area contributed by atoms with Crippen LogP contribution in [0.5, 0.6) is 0 Å². The first kappa shape index (κ1) is 12.3. The van der Waals surface area contributed by atoms with Crippen LogP contribution in [0.2, 0.25) is 0 Å². The van der Waals surface area contributed by atoms with E-state index in [9.17, 15) is 0 Å². The molecule has 1 atom stereocenters. The van der Waals surface area contributed by atoms with Gasteiger partial charge in [-0.2, -0.15) is 0 Å². The van der Waals surface area contributed by atoms with E-state index in [4.69, 9.17) is 0 Å². The third-order valence-corrected chi connectivity index (χ3v) is 4.33. The van der Waals surface area contributed by atoms with Crippen LogP contribution in [0.15, 0.2) is 54.2 Å². The highest BCUT2D eigenvalue weighted by molar-refractivity contribution is 7.09. The first-order chi connectivity index (χ1) is 9.38. The van der Waals surface area contributed by atoms with Gasteiger partial charge >= 0.3 is 0 Å². The van der Waals surface area contributed by atoms with Gasteiger partial charge in [-0.15, -0.1) is 11.3 Å². The van der Waals surface area contributed by atoms with Gasteiger partial charge in [0.25, 0.3) is 0 Å². The van der Waals surface area contributed by atoms with E-state index in [0.29, 0.717) is 6.04 Å². The third-order valence-electron chi connectivity index (χ3n) is 3.43. The smallest absolute Gasteiger partial charge is 0.0373 e. The van der Waals surface area contributed by atoms with Crippen LogP contribution in [0.25, 0.3) is 10.8 Å². The lowest BCUT2D eigenvalue weighted by Crippen LogP contribution is -2.18. The molecule has 0 aliphatic heterocycles. The molecule has 0 radical (unpaired) electrons. The molecular formula is C16H16N2S. The van der Waals surface area contributed by atoms with Crippen molar-refractivity contribution in [3.05, 3.63) is 64.6 Å². The summed E-state index contributed by atoms with van der Waals surface area (Å²) in [6.45, 7) is 0. The van der Waals surface area contributed by atoms with E-state index < -0.39 is 0 Å². The van der Waals surface area contributed by atoms with Crippen molar-refractivity contribution < 1.29 is 0 Å². The number of hydrogen-bond acceptors (Lipinski definition) is 3. The molecule has 3 aromatic rings. The van der Waals surface area contributed by atoms with Crippen LogP contribution < -0.4 is 5.32 Å². The molecule has 0 aliphatic rings. The fourth-order valence-corrected chi connectivity index (χ4v) is 3.19. The molecule has 0 fully saturated rings. The maximum atomic E-state index is 4.26. The number of rotatable bonds is 4. The molecule has 1 aromatic carbocycles. The number of thiophene rings is 1. The van der Waals surface area contributed by atoms with Gasteiger partial charge in [-0.25, -0.2) is 0 Å². The van der Waals surface area contributed by atoms with Crippen molar-refractivity contribution in [3.63, 3.8) is 0 Å². The molecule has 0 amide bonds. The Balaban J connectivity index is 2.01. The lowest BCUT2D eigenvalue weighted by atomic mass is 9.97. The van der Waals surface area contributed by atoms with Crippen molar-refractivity contribution in [1.82, 2.24) is 10.3 Å². The highest BCUT2D eigenvalue weighted by Crippen LogP contribution is 2.27. The fraction of sp³-hybridized carbons (Fsp3) is 0.188. The molecule has 1 N–H and O–H groups in total. The first-order valence-corrected chi connectivity index (χ1v) is 7.29. The zero-order valence-corrected chi connectivity index (χ0v) is 11.7. The number of fused-ring (bicyclic) bond motifs is 1. The van der Waals surface area contributed by atoms with Gasteiger partial charge in [0.05, 0.1) is 0 Å². The van der Waals surface area contributed by atoms with Gasteiger partial charge in [0.1, 0.15) is 0 Å². The number of hydrogen-bond donors (Lipinski definition) is 1. The molecular weight excluding hydrogens is 252 g/mol. The van der Waals surface area contributed by atoms with Gasteiger partial charge in [-0.1, -0.05) is 24.3 Å². The summed E-state index contributed by atoms with van der Waals surface area (Å²) in [5.41, 5.74) is 1.32. The van der Waals surface area contributed by atoms with E-state index in [1.54, 1.807) is 0 Å². The van der Waals surface area contributed by atoms with Crippen LogP contribution in [0.4, 0.5) is 0 Å². The monoisotopic (exact) mass is 268 g/mol. The molecule has 3 rings (SSSR count). The minimum atomic E-state index is 0.326. The molecule has 96 valence electrons. The molecule has 19 heavy (non-hydrogen) atoms. The Labute approximate surface area is 117 Å². The first-order valence-electron chi connectivity index (χ1n) is 6.41. The predicted molar refractivity (Wildman–Crippen MR) is 81.6 cm³/mol. The van der Waals surface area contributed by atoms with Gasteiger partial charge in [0.2, 0.25) is 0 Å². The van der Waals surface area contributed by atoms with Crippen molar-refractivity contribution >= 4 is 22.1 Å². The normalized spacial score (nSPS) is 12.7. The topological polar surface area (TPSA) is 24.9 Å². The van der Waals surface area contributed by atoms with Crippen LogP contribution in [0, 0.1) is 0 Å². The fourth-order valence-electron chi connectivity index (χ4n) is 2.44. The minimum absolute atomic E-state index is 0.326. The minimum Gasteiger partial charge on any atom is -0.313 e. The highest BCUT2D eigenvalue weighted by Gasteiger charge is 2.13. The van der Waals surface area contributed by atoms with Crippen LogP contribution >= 0.6 is 11.3 Å². The van der Waals surface area contributed by atoms with Gasteiger partial charge in [0.15, 0.2) is 0 Å². The number of nitrogens with zero attached hydrogens (tertiary/aromatic N) is 1. The van der Waals surface area contributed by atoms with Crippen molar-refractivity contribution in [3.8, 4) is 0 Å². The molecule has 0 aliphatic carbocycles. The standard InChI is InChI=1S/C16H16N2S/c1-17-16(10-13-5-3-9-19-13)14-6-2-4-12-7-8-18-11-15(12)14/h2-9,11,16-17H,10H2,1H3. The zero-order chi connectivity index (χ0) is 13.1. The average Bonchev–Trinajstić information content (AvgIpc) is 2.97. The number of likely N-dealkylation sites (N-methyl/N-ethyl adjacent to an activating group) is 1. The predicted octanol–water partition coefficient (Wildman–Crippen LogP) is 3.80. The van der Waals surface area contributed by atoms with Crippen molar-refractivity contribution in [2.24, 2.45) is 0 Å². The van der Waals surface area contributed by atoms with Gasteiger partial charge in [0, 0.05) is 35.1 Å². The summed E-state index contributed by atoms with van der Waals surface area (Å²) in [6.07, 6.45) is 4.82. The summed E-state index contributed by atoms with van der Waals surface area (Å²) in [4.78, 5) is 5.67. The Bertz CT molecular complexity index is 656. The largest absolute Gasteiger partial charge is 0.313 e. The molecule has 2 nitrogen and oxygen atoms in total. The van der Waals surface area contributed by atoms with Crippen LogP contribution in [-0.4, -0.2) is 12.0 Å². The van der Waals surface area contributed by atoms with E-state index in [1.165, 1.54) is 21.2 Å². The van der Waals surface area contributed by atoms with Crippen molar-refractivity contribution in [1.29, 1.82) is 0 Å². The zero-order valence-electron chi connectivity index (χ0n) is 10.8. The number of nitrogens with one attached hydrogen (secondary N) is 1. The lowest BCUT2D eigenvalue weighted by Gasteiger charge is -2.18. The molecule has 0 bridgehead atoms. The van der Waals surface area contributed by atoms with Crippen LogP contribution in [0.3, 0.4) is 0 Å². The number of benzene rings is 1. The second-order valence-corrected chi connectivity index (χ2v) is 5.60. The third kappa shape index (κ3) is 2.53. The molecule has 0 saturated heterocycles. The van der Waals surface area contributed by atoms with Gasteiger partial charge < -0.3 is 5.32 Å². The van der Waals surface area contributed by atoms with E-state index >= 15 is 0 Å². The second-order valence-electron chi connectivity index (χ2n) is 4.57. The Hall–Kier alpha value is -1.71. The Kier molecular flexibility index (Phi) is 3.58. The van der Waals surface area contributed by atoms with Crippen LogP contribution in [-0.2, 0) is 6.42 Å². The summed E-state index contributed by atoms with van der Waals surface area (Å²) in [5, 5.41) is 8.05. The molecule has 0 spiro atoms.